The number of likely N-dealkylation sites (tertiary alicyclic amines) is 1. The zero-order valence-corrected chi connectivity index (χ0v) is 18.4. The Hall–Kier alpha value is -0.530. The first-order chi connectivity index (χ1) is 11.7. The van der Waals surface area contributed by atoms with Gasteiger partial charge in [0.1, 0.15) is 0 Å². The highest BCUT2D eigenvalue weighted by atomic mass is 127. The molecular formula is C19H37IN4O. The third-order valence-corrected chi connectivity index (χ3v) is 5.26. The van der Waals surface area contributed by atoms with Crippen LogP contribution in [-0.4, -0.2) is 49.5 Å². The predicted octanol–water partition coefficient (Wildman–Crippen LogP) is 3.39. The molecule has 0 bridgehead atoms. The number of guanidine groups is 1. The molecule has 2 atom stereocenters. The van der Waals surface area contributed by atoms with Crippen LogP contribution in [0.1, 0.15) is 65.2 Å². The lowest BCUT2D eigenvalue weighted by Crippen LogP contribution is -2.38. The first-order valence-electron chi connectivity index (χ1n) is 9.99. The van der Waals surface area contributed by atoms with E-state index in [1.807, 2.05) is 4.90 Å². The summed E-state index contributed by atoms with van der Waals surface area (Å²) in [5.41, 5.74) is 0. The van der Waals surface area contributed by atoms with E-state index in [1.165, 1.54) is 32.1 Å². The highest BCUT2D eigenvalue weighted by Gasteiger charge is 2.19. The first-order valence-corrected chi connectivity index (χ1v) is 9.99. The lowest BCUT2D eigenvalue weighted by atomic mass is 9.81. The standard InChI is InChI=1S/C19H36N4O.HI/c1-3-20-19(21-11-6-14-23-13-5-9-18(23)24)22-12-10-17-8-4-7-16(2)15-17;/h16-17H,3-15H2,1-2H3,(H2,20,21,22);1H. The number of halogens is 1. The summed E-state index contributed by atoms with van der Waals surface area (Å²) in [6.45, 7) is 8.94. The van der Waals surface area contributed by atoms with Gasteiger partial charge in [0.25, 0.3) is 0 Å². The van der Waals surface area contributed by atoms with Gasteiger partial charge in [0.2, 0.25) is 5.91 Å². The Morgan fingerprint density at radius 1 is 1.28 bits per heavy atom. The molecule has 25 heavy (non-hydrogen) atoms. The van der Waals surface area contributed by atoms with Crippen LogP contribution in [0.4, 0.5) is 0 Å². The predicted molar refractivity (Wildman–Crippen MR) is 116 cm³/mol. The number of nitrogens with zero attached hydrogens (tertiary/aromatic N) is 2. The fourth-order valence-electron chi connectivity index (χ4n) is 3.95. The smallest absolute Gasteiger partial charge is 0.222 e. The topological polar surface area (TPSA) is 56.7 Å². The molecule has 0 radical (unpaired) electrons. The summed E-state index contributed by atoms with van der Waals surface area (Å²) in [6, 6.07) is 0. The molecule has 2 aliphatic rings. The summed E-state index contributed by atoms with van der Waals surface area (Å²) < 4.78 is 0. The van der Waals surface area contributed by atoms with Crippen molar-refractivity contribution in [1.29, 1.82) is 0 Å². The Kier molecular flexibility index (Phi) is 11.5. The number of rotatable bonds is 8. The van der Waals surface area contributed by atoms with Gasteiger partial charge in [-0.25, -0.2) is 0 Å². The fourth-order valence-corrected chi connectivity index (χ4v) is 3.95. The van der Waals surface area contributed by atoms with Crippen LogP contribution in [0, 0.1) is 11.8 Å². The molecule has 2 fully saturated rings. The Morgan fingerprint density at radius 3 is 2.80 bits per heavy atom. The molecule has 0 aromatic heterocycles. The molecule has 2 unspecified atom stereocenters. The van der Waals surface area contributed by atoms with Crippen molar-refractivity contribution in [2.45, 2.75) is 65.2 Å². The molecule has 0 spiro atoms. The maximum Gasteiger partial charge on any atom is 0.222 e. The van der Waals surface area contributed by atoms with Crippen molar-refractivity contribution in [3.05, 3.63) is 0 Å². The van der Waals surface area contributed by atoms with Gasteiger partial charge in [-0.3, -0.25) is 9.79 Å². The van der Waals surface area contributed by atoms with Gasteiger partial charge in [-0.05, 0) is 44.4 Å². The molecule has 1 saturated heterocycles. The van der Waals surface area contributed by atoms with E-state index in [2.05, 4.69) is 29.5 Å². The SMILES string of the molecule is CCNC(=NCCCN1CCCC1=O)NCCC1CCCC(C)C1.I. The minimum atomic E-state index is 0. The molecule has 1 saturated carbocycles. The van der Waals surface area contributed by atoms with Gasteiger partial charge in [-0.1, -0.05) is 26.2 Å². The Bertz CT molecular complexity index is 416. The summed E-state index contributed by atoms with van der Waals surface area (Å²) in [5.74, 6) is 3.02. The molecule has 5 nitrogen and oxygen atoms in total. The Balaban J connectivity index is 0.00000312. The van der Waals surface area contributed by atoms with Crippen LogP contribution in [-0.2, 0) is 4.79 Å². The van der Waals surface area contributed by atoms with E-state index in [0.29, 0.717) is 5.91 Å². The monoisotopic (exact) mass is 464 g/mol. The van der Waals surface area contributed by atoms with E-state index < -0.39 is 0 Å². The van der Waals surface area contributed by atoms with Crippen LogP contribution in [0.2, 0.25) is 0 Å². The maximum atomic E-state index is 11.6. The minimum Gasteiger partial charge on any atom is -0.357 e. The molecule has 1 amide bonds. The lowest BCUT2D eigenvalue weighted by Gasteiger charge is -2.26. The molecule has 0 aromatic carbocycles. The number of amides is 1. The number of hydrogen-bond donors (Lipinski definition) is 2. The molecule has 6 heteroatoms. The largest absolute Gasteiger partial charge is 0.357 e. The van der Waals surface area contributed by atoms with E-state index in [4.69, 9.17) is 0 Å². The normalized spacial score (nSPS) is 24.2. The van der Waals surface area contributed by atoms with Crippen molar-refractivity contribution >= 4 is 35.8 Å². The van der Waals surface area contributed by atoms with Crippen LogP contribution >= 0.6 is 24.0 Å². The summed E-state index contributed by atoms with van der Waals surface area (Å²) in [5, 5.41) is 6.80. The number of carbonyl (C=O) groups excluding carboxylic acids is 1. The summed E-state index contributed by atoms with van der Waals surface area (Å²) in [7, 11) is 0. The molecule has 0 aromatic rings. The summed E-state index contributed by atoms with van der Waals surface area (Å²) in [4.78, 5) is 18.2. The zero-order chi connectivity index (χ0) is 17.2. The van der Waals surface area contributed by atoms with Crippen LogP contribution in [0.25, 0.3) is 0 Å². The second-order valence-corrected chi connectivity index (χ2v) is 7.45. The number of aliphatic imine (C=N–C) groups is 1. The van der Waals surface area contributed by atoms with E-state index in [0.717, 1.165) is 69.8 Å². The molecule has 146 valence electrons. The Morgan fingerprint density at radius 2 is 2.12 bits per heavy atom. The van der Waals surface area contributed by atoms with Crippen LogP contribution < -0.4 is 10.6 Å². The molecule has 1 heterocycles. The molecular weight excluding hydrogens is 427 g/mol. The quantitative estimate of drug-likeness (QED) is 0.251. The minimum absolute atomic E-state index is 0. The second kappa shape index (κ2) is 12.8. The zero-order valence-electron chi connectivity index (χ0n) is 16.1. The highest BCUT2D eigenvalue weighted by Crippen LogP contribution is 2.30. The van der Waals surface area contributed by atoms with Crippen LogP contribution in [0.3, 0.4) is 0 Å². The molecule has 2 rings (SSSR count). The van der Waals surface area contributed by atoms with Crippen LogP contribution in [0.15, 0.2) is 4.99 Å². The molecule has 1 aliphatic carbocycles. The van der Waals surface area contributed by atoms with Gasteiger partial charge in [0.05, 0.1) is 0 Å². The Labute approximate surface area is 170 Å². The first kappa shape index (κ1) is 22.5. The van der Waals surface area contributed by atoms with E-state index in [-0.39, 0.29) is 24.0 Å². The van der Waals surface area contributed by atoms with E-state index >= 15 is 0 Å². The highest BCUT2D eigenvalue weighted by molar-refractivity contribution is 14.0. The van der Waals surface area contributed by atoms with Gasteiger partial charge in [-0.15, -0.1) is 24.0 Å². The van der Waals surface area contributed by atoms with Gasteiger partial charge >= 0.3 is 0 Å². The van der Waals surface area contributed by atoms with Crippen molar-refractivity contribution in [2.24, 2.45) is 16.8 Å². The summed E-state index contributed by atoms with van der Waals surface area (Å²) in [6.07, 6.45) is 9.53. The van der Waals surface area contributed by atoms with Crippen molar-refractivity contribution in [3.63, 3.8) is 0 Å². The number of carbonyl (C=O) groups is 1. The maximum absolute atomic E-state index is 11.6. The number of hydrogen-bond acceptors (Lipinski definition) is 2. The van der Waals surface area contributed by atoms with Gasteiger partial charge in [0.15, 0.2) is 5.96 Å². The van der Waals surface area contributed by atoms with Crippen molar-refractivity contribution in [1.82, 2.24) is 15.5 Å². The van der Waals surface area contributed by atoms with E-state index in [9.17, 15) is 4.79 Å². The van der Waals surface area contributed by atoms with E-state index in [1.54, 1.807) is 0 Å². The molecule has 2 N–H and O–H groups in total. The number of nitrogens with one attached hydrogen (secondary N) is 2. The van der Waals surface area contributed by atoms with Crippen molar-refractivity contribution < 1.29 is 4.79 Å². The van der Waals surface area contributed by atoms with Crippen LogP contribution in [0.5, 0.6) is 0 Å². The van der Waals surface area contributed by atoms with Crippen molar-refractivity contribution in [3.8, 4) is 0 Å². The third-order valence-electron chi connectivity index (χ3n) is 5.26. The third kappa shape index (κ3) is 8.60. The average molecular weight is 464 g/mol. The summed E-state index contributed by atoms with van der Waals surface area (Å²) >= 11 is 0. The lowest BCUT2D eigenvalue weighted by molar-refractivity contribution is -0.127. The second-order valence-electron chi connectivity index (χ2n) is 7.45. The van der Waals surface area contributed by atoms with Crippen molar-refractivity contribution in [2.75, 3.05) is 32.7 Å². The van der Waals surface area contributed by atoms with Gasteiger partial charge in [-0.2, -0.15) is 0 Å². The van der Waals surface area contributed by atoms with Gasteiger partial charge < -0.3 is 15.5 Å². The fraction of sp³-hybridized carbons (Fsp3) is 0.895. The molecule has 1 aliphatic heterocycles. The average Bonchev–Trinajstić information content (AvgIpc) is 2.97. The van der Waals surface area contributed by atoms with Gasteiger partial charge in [0, 0.05) is 39.1 Å².